The first-order valence-corrected chi connectivity index (χ1v) is 7.48. The average molecular weight is 329 g/mol. The molecule has 18 heavy (non-hydrogen) atoms. The molecule has 0 bridgehead atoms. The molecule has 0 saturated heterocycles. The van der Waals surface area contributed by atoms with E-state index in [0.717, 1.165) is 47.3 Å². The van der Waals surface area contributed by atoms with E-state index in [1.54, 1.807) is 0 Å². The second-order valence-electron chi connectivity index (χ2n) is 4.27. The van der Waals surface area contributed by atoms with Crippen molar-refractivity contribution in [1.82, 2.24) is 5.32 Å². The molecule has 0 saturated carbocycles. The van der Waals surface area contributed by atoms with Gasteiger partial charge in [-0.1, -0.05) is 34.5 Å². The Kier molecular flexibility index (Phi) is 7.42. The van der Waals surface area contributed by atoms with Crippen LogP contribution >= 0.6 is 27.5 Å². The van der Waals surface area contributed by atoms with Crippen LogP contribution in [0.5, 0.6) is 0 Å². The average Bonchev–Trinajstić information content (AvgIpc) is 2.37. The Morgan fingerprint density at radius 1 is 1.50 bits per heavy atom. The third-order valence-electron chi connectivity index (χ3n) is 2.79. The quantitative estimate of drug-likeness (QED) is 0.552. The number of hydrogen-bond donors (Lipinski definition) is 1. The Morgan fingerprint density at radius 2 is 2.28 bits per heavy atom. The summed E-state index contributed by atoms with van der Waals surface area (Å²) in [7, 11) is 0. The van der Waals surface area contributed by atoms with Crippen LogP contribution in [0.3, 0.4) is 0 Å². The molecule has 0 heterocycles. The van der Waals surface area contributed by atoms with Gasteiger partial charge in [0, 0.05) is 22.0 Å². The zero-order valence-electron chi connectivity index (χ0n) is 10.7. The minimum atomic E-state index is 0.281. The number of unbranched alkanes of at least 4 members (excludes halogenated alkanes) is 1. The predicted molar refractivity (Wildman–Crippen MR) is 82.9 cm³/mol. The third kappa shape index (κ3) is 5.02. The molecule has 3 heteroatoms. The maximum atomic E-state index is 6.28. The molecule has 1 atom stereocenters. The van der Waals surface area contributed by atoms with Gasteiger partial charge in [0.15, 0.2) is 0 Å². The molecule has 0 aliphatic rings. The fourth-order valence-electron chi connectivity index (χ4n) is 1.88. The summed E-state index contributed by atoms with van der Waals surface area (Å²) in [5.74, 6) is 2.69. The summed E-state index contributed by atoms with van der Waals surface area (Å²) >= 11 is 9.78. The minimum Gasteiger partial charge on any atom is -0.310 e. The van der Waals surface area contributed by atoms with Gasteiger partial charge in [-0.05, 0) is 49.6 Å². The molecule has 0 amide bonds. The van der Waals surface area contributed by atoms with Crippen molar-refractivity contribution in [2.24, 2.45) is 0 Å². The van der Waals surface area contributed by atoms with Gasteiger partial charge in [-0.25, -0.2) is 0 Å². The van der Waals surface area contributed by atoms with Gasteiger partial charge >= 0.3 is 0 Å². The van der Waals surface area contributed by atoms with Gasteiger partial charge in [0.1, 0.15) is 0 Å². The molecule has 0 radical (unpaired) electrons. The lowest BCUT2D eigenvalue weighted by molar-refractivity contribution is 0.487. The molecule has 1 aromatic rings. The lowest BCUT2D eigenvalue weighted by Gasteiger charge is -2.20. The van der Waals surface area contributed by atoms with Crippen LogP contribution < -0.4 is 5.32 Å². The van der Waals surface area contributed by atoms with Gasteiger partial charge in [0.05, 0.1) is 0 Å². The standard InChI is InChI=1S/C15H19BrClN/c1-3-5-6-7-15(18-10-4-2)13-11-12(16)8-9-14(13)17/h1,8-9,11,15,18H,4-7,10H2,2H3. The number of benzene rings is 1. The molecular weight excluding hydrogens is 310 g/mol. The zero-order valence-corrected chi connectivity index (χ0v) is 13.0. The summed E-state index contributed by atoms with van der Waals surface area (Å²) in [6.07, 6.45) is 9.26. The molecule has 1 rings (SSSR count). The van der Waals surface area contributed by atoms with Crippen molar-refractivity contribution in [3.63, 3.8) is 0 Å². The molecule has 1 N–H and O–H groups in total. The van der Waals surface area contributed by atoms with Crippen LogP contribution in [0.2, 0.25) is 5.02 Å². The van der Waals surface area contributed by atoms with Crippen LogP contribution in [0.25, 0.3) is 0 Å². The first-order valence-electron chi connectivity index (χ1n) is 6.30. The van der Waals surface area contributed by atoms with E-state index in [4.69, 9.17) is 18.0 Å². The summed E-state index contributed by atoms with van der Waals surface area (Å²) in [6, 6.07) is 6.27. The highest BCUT2D eigenvalue weighted by molar-refractivity contribution is 9.10. The smallest absolute Gasteiger partial charge is 0.0454 e. The molecule has 0 aliphatic carbocycles. The second-order valence-corrected chi connectivity index (χ2v) is 5.59. The molecule has 98 valence electrons. The van der Waals surface area contributed by atoms with Crippen LogP contribution in [0, 0.1) is 12.3 Å². The summed E-state index contributed by atoms with van der Waals surface area (Å²) < 4.78 is 1.06. The Hall–Kier alpha value is -0.490. The lowest BCUT2D eigenvalue weighted by Crippen LogP contribution is -2.22. The van der Waals surface area contributed by atoms with Crippen molar-refractivity contribution in [3.8, 4) is 12.3 Å². The Morgan fingerprint density at radius 3 is 2.94 bits per heavy atom. The maximum absolute atomic E-state index is 6.28. The van der Waals surface area contributed by atoms with Gasteiger partial charge in [-0.15, -0.1) is 12.3 Å². The third-order valence-corrected chi connectivity index (χ3v) is 3.63. The number of rotatable bonds is 7. The van der Waals surface area contributed by atoms with Crippen LogP contribution in [0.4, 0.5) is 0 Å². The van der Waals surface area contributed by atoms with E-state index in [1.165, 1.54) is 0 Å². The molecule has 0 aliphatic heterocycles. The van der Waals surface area contributed by atoms with Crippen LogP contribution in [-0.2, 0) is 0 Å². The highest BCUT2D eigenvalue weighted by atomic mass is 79.9. The number of halogens is 2. The minimum absolute atomic E-state index is 0.281. The van der Waals surface area contributed by atoms with E-state index in [-0.39, 0.29) is 6.04 Å². The van der Waals surface area contributed by atoms with Crippen LogP contribution in [0.1, 0.15) is 44.2 Å². The van der Waals surface area contributed by atoms with Crippen LogP contribution in [0.15, 0.2) is 22.7 Å². The van der Waals surface area contributed by atoms with Crippen molar-refractivity contribution >= 4 is 27.5 Å². The van der Waals surface area contributed by atoms with Gasteiger partial charge in [0.2, 0.25) is 0 Å². The fraction of sp³-hybridized carbons (Fsp3) is 0.467. The second kappa shape index (κ2) is 8.58. The summed E-state index contributed by atoms with van der Waals surface area (Å²) in [5, 5.41) is 4.35. The first-order chi connectivity index (χ1) is 8.69. The van der Waals surface area contributed by atoms with Crippen molar-refractivity contribution in [3.05, 3.63) is 33.3 Å². The molecule has 0 spiro atoms. The summed E-state index contributed by atoms with van der Waals surface area (Å²) in [6.45, 7) is 3.15. The van der Waals surface area contributed by atoms with Crippen molar-refractivity contribution in [2.45, 2.75) is 38.6 Å². The maximum Gasteiger partial charge on any atom is 0.0454 e. The highest BCUT2D eigenvalue weighted by Gasteiger charge is 2.14. The predicted octanol–water partition coefficient (Wildman–Crippen LogP) is 4.95. The monoisotopic (exact) mass is 327 g/mol. The summed E-state index contributed by atoms with van der Waals surface area (Å²) in [4.78, 5) is 0. The fourth-order valence-corrected chi connectivity index (χ4v) is 2.50. The Labute approximate surface area is 123 Å². The van der Waals surface area contributed by atoms with E-state index < -0.39 is 0 Å². The molecule has 1 unspecified atom stereocenters. The largest absolute Gasteiger partial charge is 0.310 e. The van der Waals surface area contributed by atoms with Crippen molar-refractivity contribution < 1.29 is 0 Å². The topological polar surface area (TPSA) is 12.0 Å². The molecular formula is C15H19BrClN. The van der Waals surface area contributed by atoms with E-state index >= 15 is 0 Å². The van der Waals surface area contributed by atoms with E-state index in [2.05, 4.69) is 40.2 Å². The molecule has 1 nitrogen and oxygen atoms in total. The van der Waals surface area contributed by atoms with Crippen molar-refractivity contribution in [2.75, 3.05) is 6.54 Å². The van der Waals surface area contributed by atoms with Gasteiger partial charge in [0.25, 0.3) is 0 Å². The number of hydrogen-bond acceptors (Lipinski definition) is 1. The van der Waals surface area contributed by atoms with E-state index in [1.807, 2.05) is 12.1 Å². The SMILES string of the molecule is C#CCCCC(NCCC)c1cc(Br)ccc1Cl. The number of nitrogens with one attached hydrogen (secondary N) is 1. The van der Waals surface area contributed by atoms with Crippen molar-refractivity contribution in [1.29, 1.82) is 0 Å². The Bertz CT molecular complexity index is 411. The molecule has 0 aromatic heterocycles. The van der Waals surface area contributed by atoms with E-state index in [0.29, 0.717) is 0 Å². The first kappa shape index (κ1) is 15.6. The van der Waals surface area contributed by atoms with Crippen LogP contribution in [-0.4, -0.2) is 6.54 Å². The number of terminal acetylenes is 1. The van der Waals surface area contributed by atoms with Gasteiger partial charge in [-0.3, -0.25) is 0 Å². The summed E-state index contributed by atoms with van der Waals surface area (Å²) in [5.41, 5.74) is 1.15. The molecule has 0 fully saturated rings. The molecule has 1 aromatic carbocycles. The normalized spacial score (nSPS) is 12.1. The highest BCUT2D eigenvalue weighted by Crippen LogP contribution is 2.29. The van der Waals surface area contributed by atoms with Gasteiger partial charge < -0.3 is 5.32 Å². The zero-order chi connectivity index (χ0) is 13.4. The van der Waals surface area contributed by atoms with Gasteiger partial charge in [-0.2, -0.15) is 0 Å². The van der Waals surface area contributed by atoms with E-state index in [9.17, 15) is 0 Å². The lowest BCUT2D eigenvalue weighted by atomic mass is 10.0. The Balaban J connectivity index is 2.79.